The van der Waals surface area contributed by atoms with Crippen LogP contribution in [0.2, 0.25) is 0 Å². The fraction of sp³-hybridized carbons (Fsp3) is 0.615. The Morgan fingerprint density at radius 2 is 2.10 bits per heavy atom. The van der Waals surface area contributed by atoms with Crippen LogP contribution in [0.5, 0.6) is 0 Å². The summed E-state index contributed by atoms with van der Waals surface area (Å²) >= 11 is 0. The molecule has 1 aromatic rings. The van der Waals surface area contributed by atoms with Gasteiger partial charge < -0.3 is 10.2 Å². The summed E-state index contributed by atoms with van der Waals surface area (Å²) in [5.41, 5.74) is 0.0385. The van der Waals surface area contributed by atoms with Crippen molar-refractivity contribution in [2.24, 2.45) is 0 Å². The van der Waals surface area contributed by atoms with Crippen LogP contribution in [-0.4, -0.2) is 46.5 Å². The predicted molar refractivity (Wildman–Crippen MR) is 69.6 cm³/mol. The summed E-state index contributed by atoms with van der Waals surface area (Å²) in [6, 6.07) is 0.00786. The zero-order valence-electron chi connectivity index (χ0n) is 11.7. The Labute approximate surface area is 120 Å². The van der Waals surface area contributed by atoms with Crippen molar-refractivity contribution >= 4 is 5.91 Å². The van der Waals surface area contributed by atoms with Crippen molar-refractivity contribution in [2.75, 3.05) is 19.6 Å². The van der Waals surface area contributed by atoms with Crippen molar-refractivity contribution < 1.29 is 18.0 Å². The maximum absolute atomic E-state index is 12.3. The highest BCUT2D eigenvalue weighted by Gasteiger charge is 2.34. The number of rotatable bonds is 3. The van der Waals surface area contributed by atoms with E-state index in [1.165, 1.54) is 0 Å². The zero-order chi connectivity index (χ0) is 15.5. The van der Waals surface area contributed by atoms with E-state index in [4.69, 9.17) is 0 Å². The van der Waals surface area contributed by atoms with Crippen LogP contribution in [0, 0.1) is 0 Å². The van der Waals surface area contributed by atoms with Gasteiger partial charge in [0.2, 0.25) is 5.82 Å². The van der Waals surface area contributed by atoms with E-state index in [1.54, 1.807) is 0 Å². The number of likely N-dealkylation sites (N-methyl/N-ethyl adjacent to an activating group) is 1. The number of carbonyl (C=O) groups is 1. The van der Waals surface area contributed by atoms with Gasteiger partial charge in [0, 0.05) is 25.0 Å². The number of piperidine rings is 1. The quantitative estimate of drug-likeness (QED) is 0.923. The zero-order valence-corrected chi connectivity index (χ0v) is 11.7. The SMILES string of the molecule is CCN1CCCC(NC(=O)c2cnc(C(F)(F)F)nc2)C1. The number of alkyl halides is 3. The number of hydrogen-bond acceptors (Lipinski definition) is 4. The van der Waals surface area contributed by atoms with Crippen molar-refractivity contribution in [1.29, 1.82) is 0 Å². The van der Waals surface area contributed by atoms with Crippen LogP contribution in [0.1, 0.15) is 35.9 Å². The molecule has 1 saturated heterocycles. The van der Waals surface area contributed by atoms with Crippen LogP contribution in [0.25, 0.3) is 0 Å². The van der Waals surface area contributed by atoms with Crippen molar-refractivity contribution in [1.82, 2.24) is 20.2 Å². The molecule has 5 nitrogen and oxygen atoms in total. The van der Waals surface area contributed by atoms with Crippen molar-refractivity contribution in [3.63, 3.8) is 0 Å². The van der Waals surface area contributed by atoms with Crippen molar-refractivity contribution in [2.45, 2.75) is 32.0 Å². The van der Waals surface area contributed by atoms with Crippen LogP contribution in [0.3, 0.4) is 0 Å². The third kappa shape index (κ3) is 4.13. The Bertz CT molecular complexity index is 489. The highest BCUT2D eigenvalue weighted by molar-refractivity contribution is 5.93. The molecule has 1 atom stereocenters. The number of halogens is 3. The first-order chi connectivity index (χ1) is 9.90. The minimum absolute atomic E-state index is 0.00786. The summed E-state index contributed by atoms with van der Waals surface area (Å²) in [6.45, 7) is 4.72. The Morgan fingerprint density at radius 3 is 2.67 bits per heavy atom. The van der Waals surface area contributed by atoms with Gasteiger partial charge >= 0.3 is 6.18 Å². The molecule has 21 heavy (non-hydrogen) atoms. The van der Waals surface area contributed by atoms with E-state index in [9.17, 15) is 18.0 Å². The average molecular weight is 302 g/mol. The largest absolute Gasteiger partial charge is 0.451 e. The monoisotopic (exact) mass is 302 g/mol. The van der Waals surface area contributed by atoms with Gasteiger partial charge in [0.15, 0.2) is 0 Å². The van der Waals surface area contributed by atoms with E-state index in [0.29, 0.717) is 0 Å². The number of nitrogens with zero attached hydrogens (tertiary/aromatic N) is 3. The number of amides is 1. The molecule has 1 aliphatic heterocycles. The molecule has 116 valence electrons. The topological polar surface area (TPSA) is 58.1 Å². The second-order valence-electron chi connectivity index (χ2n) is 5.00. The summed E-state index contributed by atoms with van der Waals surface area (Å²) in [5.74, 6) is -1.68. The maximum Gasteiger partial charge on any atom is 0.451 e. The lowest BCUT2D eigenvalue weighted by Gasteiger charge is -2.32. The first kappa shape index (κ1) is 15.7. The molecular formula is C13H17F3N4O. The third-order valence-electron chi connectivity index (χ3n) is 3.46. The Balaban J connectivity index is 1.97. The summed E-state index contributed by atoms with van der Waals surface area (Å²) in [5, 5.41) is 2.82. The van der Waals surface area contributed by atoms with Gasteiger partial charge in [-0.2, -0.15) is 13.2 Å². The standard InChI is InChI=1S/C13H17F3N4O/c1-2-20-5-3-4-10(8-20)19-11(21)9-6-17-12(18-7-9)13(14,15)16/h6-7,10H,2-5,8H2,1H3,(H,19,21). The van der Waals surface area contributed by atoms with E-state index in [0.717, 1.165) is 44.9 Å². The van der Waals surface area contributed by atoms with Crippen LogP contribution < -0.4 is 5.32 Å². The minimum atomic E-state index is -4.60. The molecular weight excluding hydrogens is 285 g/mol. The van der Waals surface area contributed by atoms with E-state index >= 15 is 0 Å². The van der Waals surface area contributed by atoms with Crippen LogP contribution in [0.4, 0.5) is 13.2 Å². The highest BCUT2D eigenvalue weighted by Crippen LogP contribution is 2.25. The molecule has 0 saturated carbocycles. The second kappa shape index (κ2) is 6.38. The van der Waals surface area contributed by atoms with Gasteiger partial charge in [0.05, 0.1) is 5.56 Å². The lowest BCUT2D eigenvalue weighted by Crippen LogP contribution is -2.47. The number of aromatic nitrogens is 2. The lowest BCUT2D eigenvalue weighted by molar-refractivity contribution is -0.145. The molecule has 1 unspecified atom stereocenters. The molecule has 1 aliphatic rings. The molecule has 0 spiro atoms. The van der Waals surface area contributed by atoms with E-state index in [2.05, 4.69) is 20.2 Å². The third-order valence-corrected chi connectivity index (χ3v) is 3.46. The normalized spacial score (nSPS) is 20.3. The molecule has 8 heteroatoms. The van der Waals surface area contributed by atoms with Crippen molar-refractivity contribution in [3.8, 4) is 0 Å². The molecule has 1 aromatic heterocycles. The fourth-order valence-electron chi connectivity index (χ4n) is 2.32. The molecule has 0 radical (unpaired) electrons. The average Bonchev–Trinajstić information content (AvgIpc) is 2.46. The van der Waals surface area contributed by atoms with Gasteiger partial charge in [-0.25, -0.2) is 9.97 Å². The Morgan fingerprint density at radius 1 is 1.43 bits per heavy atom. The molecule has 0 aromatic carbocycles. The first-order valence-corrected chi connectivity index (χ1v) is 6.82. The smallest absolute Gasteiger partial charge is 0.348 e. The number of carbonyl (C=O) groups excluding carboxylic acids is 1. The van der Waals surface area contributed by atoms with Gasteiger partial charge in [-0.15, -0.1) is 0 Å². The molecule has 0 aliphatic carbocycles. The first-order valence-electron chi connectivity index (χ1n) is 6.82. The molecule has 1 amide bonds. The van der Waals surface area contributed by atoms with E-state index < -0.39 is 17.9 Å². The minimum Gasteiger partial charge on any atom is -0.348 e. The maximum atomic E-state index is 12.3. The van der Waals surface area contributed by atoms with Gasteiger partial charge in [-0.1, -0.05) is 6.92 Å². The lowest BCUT2D eigenvalue weighted by atomic mass is 10.1. The Hall–Kier alpha value is -1.70. The number of likely N-dealkylation sites (tertiary alicyclic amines) is 1. The van der Waals surface area contributed by atoms with Gasteiger partial charge in [0.1, 0.15) is 0 Å². The fourth-order valence-corrected chi connectivity index (χ4v) is 2.32. The van der Waals surface area contributed by atoms with E-state index in [-0.39, 0.29) is 11.6 Å². The number of nitrogens with one attached hydrogen (secondary N) is 1. The summed E-state index contributed by atoms with van der Waals surface area (Å²) < 4.78 is 37.0. The molecule has 1 fully saturated rings. The Kier molecular flexibility index (Phi) is 4.76. The second-order valence-corrected chi connectivity index (χ2v) is 5.00. The highest BCUT2D eigenvalue weighted by atomic mass is 19.4. The number of hydrogen-bond donors (Lipinski definition) is 1. The molecule has 2 heterocycles. The van der Waals surface area contributed by atoms with Crippen molar-refractivity contribution in [3.05, 3.63) is 23.8 Å². The molecule has 1 N–H and O–H groups in total. The summed E-state index contributed by atoms with van der Waals surface area (Å²) in [4.78, 5) is 20.6. The summed E-state index contributed by atoms with van der Waals surface area (Å²) in [7, 11) is 0. The predicted octanol–water partition coefficient (Wildman–Crippen LogP) is 1.71. The van der Waals surface area contributed by atoms with Crippen LogP contribution in [-0.2, 0) is 6.18 Å². The molecule has 0 bridgehead atoms. The summed E-state index contributed by atoms with van der Waals surface area (Å²) in [6.07, 6.45) is -0.927. The van der Waals surface area contributed by atoms with Crippen LogP contribution in [0.15, 0.2) is 12.4 Å². The van der Waals surface area contributed by atoms with E-state index in [1.807, 2.05) is 6.92 Å². The van der Waals surface area contributed by atoms with Crippen LogP contribution >= 0.6 is 0 Å². The van der Waals surface area contributed by atoms with Gasteiger partial charge in [-0.05, 0) is 25.9 Å². The van der Waals surface area contributed by atoms with Gasteiger partial charge in [0.25, 0.3) is 5.91 Å². The molecule has 2 rings (SSSR count). The van der Waals surface area contributed by atoms with Gasteiger partial charge in [-0.3, -0.25) is 4.79 Å².